The van der Waals surface area contributed by atoms with Crippen molar-refractivity contribution in [1.82, 2.24) is 10.6 Å². The average Bonchev–Trinajstić information content (AvgIpc) is 2.34. The summed E-state index contributed by atoms with van der Waals surface area (Å²) in [7, 11) is 0. The first-order valence-electron chi connectivity index (χ1n) is 6.29. The van der Waals surface area contributed by atoms with Crippen molar-refractivity contribution in [2.24, 2.45) is 0 Å². The first-order valence-corrected chi connectivity index (χ1v) is 6.29. The molecule has 0 bridgehead atoms. The smallest absolute Gasteiger partial charge is 0.224 e. The molecule has 2 aromatic rings. The van der Waals surface area contributed by atoms with E-state index in [1.807, 2.05) is 24.3 Å². The third kappa shape index (κ3) is 2.22. The van der Waals surface area contributed by atoms with Gasteiger partial charge < -0.3 is 10.6 Å². The van der Waals surface area contributed by atoms with Crippen molar-refractivity contribution in [3.63, 3.8) is 0 Å². The van der Waals surface area contributed by atoms with E-state index < -0.39 is 0 Å². The molecule has 0 radical (unpaired) electrons. The maximum Gasteiger partial charge on any atom is 0.224 e. The van der Waals surface area contributed by atoms with Crippen LogP contribution in [0.15, 0.2) is 42.5 Å². The SMILES string of the molecule is O=C(Cc1cccc2ccccc12)NC1CNC1. The molecule has 1 fully saturated rings. The summed E-state index contributed by atoms with van der Waals surface area (Å²) in [5.74, 6) is 0.109. The van der Waals surface area contributed by atoms with E-state index in [0.717, 1.165) is 18.7 Å². The van der Waals surface area contributed by atoms with E-state index in [9.17, 15) is 4.79 Å². The zero-order chi connectivity index (χ0) is 12.4. The number of benzene rings is 2. The average molecular weight is 240 g/mol. The highest BCUT2D eigenvalue weighted by Crippen LogP contribution is 2.18. The first kappa shape index (κ1) is 11.2. The van der Waals surface area contributed by atoms with E-state index in [1.54, 1.807) is 0 Å². The van der Waals surface area contributed by atoms with Gasteiger partial charge in [0.15, 0.2) is 0 Å². The predicted octanol–water partition coefficient (Wildman–Crippen LogP) is 1.47. The summed E-state index contributed by atoms with van der Waals surface area (Å²) in [6.07, 6.45) is 0.456. The summed E-state index contributed by atoms with van der Waals surface area (Å²) < 4.78 is 0. The molecule has 1 heterocycles. The Bertz CT molecular complexity index is 570. The van der Waals surface area contributed by atoms with Gasteiger partial charge in [-0.3, -0.25) is 4.79 Å². The molecular weight excluding hydrogens is 224 g/mol. The van der Waals surface area contributed by atoms with Crippen LogP contribution in [0.1, 0.15) is 5.56 Å². The number of nitrogens with one attached hydrogen (secondary N) is 2. The first-order chi connectivity index (χ1) is 8.83. The fourth-order valence-electron chi connectivity index (χ4n) is 2.29. The quantitative estimate of drug-likeness (QED) is 0.853. The Morgan fingerprint density at radius 1 is 1.17 bits per heavy atom. The van der Waals surface area contributed by atoms with Crippen molar-refractivity contribution < 1.29 is 4.79 Å². The monoisotopic (exact) mass is 240 g/mol. The molecule has 1 aliphatic heterocycles. The molecular formula is C15H16N2O. The Balaban J connectivity index is 1.79. The molecule has 1 aliphatic rings. The van der Waals surface area contributed by atoms with Crippen LogP contribution in [0.3, 0.4) is 0 Å². The normalized spacial score (nSPS) is 15.3. The standard InChI is InChI=1S/C15H16N2O/c18-15(17-13-9-16-10-13)8-12-6-3-5-11-4-1-2-7-14(11)12/h1-7,13,16H,8-10H2,(H,17,18). The van der Waals surface area contributed by atoms with Crippen LogP contribution in [0.2, 0.25) is 0 Å². The fraction of sp³-hybridized carbons (Fsp3) is 0.267. The second-order valence-corrected chi connectivity index (χ2v) is 4.74. The van der Waals surface area contributed by atoms with Gasteiger partial charge in [0, 0.05) is 13.1 Å². The van der Waals surface area contributed by atoms with Crippen molar-refractivity contribution in [2.45, 2.75) is 12.5 Å². The van der Waals surface area contributed by atoms with Crippen molar-refractivity contribution in [2.75, 3.05) is 13.1 Å². The van der Waals surface area contributed by atoms with Gasteiger partial charge in [0.1, 0.15) is 0 Å². The highest BCUT2D eigenvalue weighted by molar-refractivity contribution is 5.90. The third-order valence-electron chi connectivity index (χ3n) is 3.38. The van der Waals surface area contributed by atoms with E-state index in [2.05, 4.69) is 28.8 Å². The van der Waals surface area contributed by atoms with Gasteiger partial charge in [0.25, 0.3) is 0 Å². The minimum atomic E-state index is 0.109. The summed E-state index contributed by atoms with van der Waals surface area (Å²) >= 11 is 0. The lowest BCUT2D eigenvalue weighted by atomic mass is 10.0. The lowest BCUT2D eigenvalue weighted by Gasteiger charge is -2.28. The zero-order valence-corrected chi connectivity index (χ0v) is 10.1. The van der Waals surface area contributed by atoms with Crippen LogP contribution in [0, 0.1) is 0 Å². The predicted molar refractivity (Wildman–Crippen MR) is 72.5 cm³/mol. The van der Waals surface area contributed by atoms with Crippen molar-refractivity contribution in [3.8, 4) is 0 Å². The number of amides is 1. The van der Waals surface area contributed by atoms with Crippen LogP contribution in [0.25, 0.3) is 10.8 Å². The van der Waals surface area contributed by atoms with Crippen LogP contribution >= 0.6 is 0 Å². The molecule has 0 aromatic heterocycles. The van der Waals surface area contributed by atoms with E-state index >= 15 is 0 Å². The van der Waals surface area contributed by atoms with Gasteiger partial charge in [0.05, 0.1) is 12.5 Å². The maximum absolute atomic E-state index is 11.9. The van der Waals surface area contributed by atoms with Crippen LogP contribution in [0.4, 0.5) is 0 Å². The molecule has 3 rings (SSSR count). The summed E-state index contributed by atoms with van der Waals surface area (Å²) in [4.78, 5) is 11.9. The van der Waals surface area contributed by atoms with Gasteiger partial charge in [-0.05, 0) is 16.3 Å². The minimum Gasteiger partial charge on any atom is -0.351 e. The molecule has 3 heteroatoms. The van der Waals surface area contributed by atoms with E-state index in [0.29, 0.717) is 12.5 Å². The number of fused-ring (bicyclic) bond motifs is 1. The lowest BCUT2D eigenvalue weighted by Crippen LogP contribution is -2.57. The summed E-state index contributed by atoms with van der Waals surface area (Å²) in [6.45, 7) is 1.78. The van der Waals surface area contributed by atoms with Crippen molar-refractivity contribution in [3.05, 3.63) is 48.0 Å². The number of carbonyl (C=O) groups excluding carboxylic acids is 1. The minimum absolute atomic E-state index is 0.109. The molecule has 0 atom stereocenters. The van der Waals surface area contributed by atoms with E-state index in [1.165, 1.54) is 10.8 Å². The number of rotatable bonds is 3. The molecule has 2 aromatic carbocycles. The highest BCUT2D eigenvalue weighted by Gasteiger charge is 2.18. The van der Waals surface area contributed by atoms with Crippen LogP contribution in [-0.2, 0) is 11.2 Å². The van der Waals surface area contributed by atoms with Gasteiger partial charge in [-0.25, -0.2) is 0 Å². The van der Waals surface area contributed by atoms with Crippen LogP contribution < -0.4 is 10.6 Å². The molecule has 1 amide bonds. The maximum atomic E-state index is 11.9. The lowest BCUT2D eigenvalue weighted by molar-refractivity contribution is -0.121. The highest BCUT2D eigenvalue weighted by atomic mass is 16.1. The Labute approximate surface area is 106 Å². The van der Waals surface area contributed by atoms with Crippen LogP contribution in [-0.4, -0.2) is 25.0 Å². The summed E-state index contributed by atoms with van der Waals surface area (Å²) in [6, 6.07) is 14.6. The topological polar surface area (TPSA) is 41.1 Å². The van der Waals surface area contributed by atoms with E-state index in [4.69, 9.17) is 0 Å². The largest absolute Gasteiger partial charge is 0.351 e. The molecule has 18 heavy (non-hydrogen) atoms. The molecule has 1 saturated heterocycles. The fourth-order valence-corrected chi connectivity index (χ4v) is 2.29. The Hall–Kier alpha value is -1.87. The number of hydrogen-bond donors (Lipinski definition) is 2. The third-order valence-corrected chi connectivity index (χ3v) is 3.38. The Morgan fingerprint density at radius 2 is 1.94 bits per heavy atom. The number of hydrogen-bond acceptors (Lipinski definition) is 2. The molecule has 3 nitrogen and oxygen atoms in total. The molecule has 0 unspecified atom stereocenters. The van der Waals surface area contributed by atoms with Gasteiger partial charge in [-0.2, -0.15) is 0 Å². The Kier molecular flexibility index (Phi) is 2.99. The molecule has 0 spiro atoms. The van der Waals surface area contributed by atoms with Crippen LogP contribution in [0.5, 0.6) is 0 Å². The van der Waals surface area contributed by atoms with Gasteiger partial charge >= 0.3 is 0 Å². The molecule has 0 saturated carbocycles. The van der Waals surface area contributed by atoms with Crippen molar-refractivity contribution in [1.29, 1.82) is 0 Å². The van der Waals surface area contributed by atoms with Crippen molar-refractivity contribution >= 4 is 16.7 Å². The zero-order valence-electron chi connectivity index (χ0n) is 10.1. The molecule has 92 valence electrons. The summed E-state index contributed by atoms with van der Waals surface area (Å²) in [5.41, 5.74) is 1.10. The van der Waals surface area contributed by atoms with Gasteiger partial charge in [-0.15, -0.1) is 0 Å². The van der Waals surface area contributed by atoms with Gasteiger partial charge in [-0.1, -0.05) is 42.5 Å². The molecule has 0 aliphatic carbocycles. The molecule has 2 N–H and O–H groups in total. The number of carbonyl (C=O) groups is 1. The van der Waals surface area contributed by atoms with E-state index in [-0.39, 0.29) is 5.91 Å². The Morgan fingerprint density at radius 3 is 2.72 bits per heavy atom. The second-order valence-electron chi connectivity index (χ2n) is 4.74. The van der Waals surface area contributed by atoms with Gasteiger partial charge in [0.2, 0.25) is 5.91 Å². The summed E-state index contributed by atoms with van der Waals surface area (Å²) in [5, 5.41) is 8.53. The second kappa shape index (κ2) is 4.78.